The Morgan fingerprint density at radius 3 is 2.93 bits per heavy atom. The zero-order valence-electron chi connectivity index (χ0n) is 16.1. The van der Waals surface area contributed by atoms with Crippen molar-refractivity contribution in [2.24, 2.45) is 0 Å². The first-order chi connectivity index (χ1) is 12.9. The molecule has 0 aliphatic carbocycles. The zero-order valence-corrected chi connectivity index (χ0v) is 16.1. The van der Waals surface area contributed by atoms with Gasteiger partial charge in [0.2, 0.25) is 5.95 Å². The molecular weight excluding hydrogens is 342 g/mol. The minimum absolute atomic E-state index is 0.0940. The summed E-state index contributed by atoms with van der Waals surface area (Å²) in [4.78, 5) is 25.4. The molecule has 27 heavy (non-hydrogen) atoms. The summed E-state index contributed by atoms with van der Waals surface area (Å²) in [5.41, 5.74) is 2.27. The Hall–Kier alpha value is -2.67. The van der Waals surface area contributed by atoms with Gasteiger partial charge in [-0.1, -0.05) is 12.1 Å². The highest BCUT2D eigenvalue weighted by Gasteiger charge is 2.23. The second-order valence-corrected chi connectivity index (χ2v) is 7.28. The predicted octanol–water partition coefficient (Wildman–Crippen LogP) is 1.95. The second kappa shape index (κ2) is 8.35. The van der Waals surface area contributed by atoms with Crippen molar-refractivity contribution < 1.29 is 9.90 Å². The van der Waals surface area contributed by atoms with Crippen molar-refractivity contribution in [3.63, 3.8) is 0 Å². The number of benzene rings is 1. The van der Waals surface area contributed by atoms with Crippen LogP contribution >= 0.6 is 0 Å². The minimum Gasteiger partial charge on any atom is -0.508 e. The summed E-state index contributed by atoms with van der Waals surface area (Å²) in [7, 11) is 3.75. The number of phenolic OH excluding ortho intramolecular Hbond substituents is 1. The molecule has 1 unspecified atom stereocenters. The molecule has 1 amide bonds. The third kappa shape index (κ3) is 4.95. The number of nitrogens with one attached hydrogen (secondary N) is 1. The van der Waals surface area contributed by atoms with Gasteiger partial charge in [-0.05, 0) is 44.0 Å². The number of carbonyl (C=O) groups is 1. The maximum atomic E-state index is 12.7. The number of piperidine rings is 1. The van der Waals surface area contributed by atoms with Gasteiger partial charge in [-0.3, -0.25) is 9.69 Å². The molecule has 3 rings (SSSR count). The molecule has 1 aliphatic rings. The fourth-order valence-electron chi connectivity index (χ4n) is 3.39. The molecule has 1 aromatic carbocycles. The molecule has 1 atom stereocenters. The fraction of sp³-hybridized carbons (Fsp3) is 0.450. The van der Waals surface area contributed by atoms with Gasteiger partial charge >= 0.3 is 0 Å². The maximum absolute atomic E-state index is 12.7. The van der Waals surface area contributed by atoms with E-state index in [0.29, 0.717) is 17.2 Å². The summed E-state index contributed by atoms with van der Waals surface area (Å²) in [5, 5.41) is 12.8. The van der Waals surface area contributed by atoms with Gasteiger partial charge in [0.1, 0.15) is 5.75 Å². The smallest absolute Gasteiger partial charge is 0.254 e. The lowest BCUT2D eigenvalue weighted by Crippen LogP contribution is -2.47. The van der Waals surface area contributed by atoms with E-state index in [9.17, 15) is 9.90 Å². The number of amides is 1. The lowest BCUT2D eigenvalue weighted by Gasteiger charge is -2.33. The Labute approximate surface area is 160 Å². The molecule has 1 saturated heterocycles. The van der Waals surface area contributed by atoms with Gasteiger partial charge in [0.05, 0.1) is 11.3 Å². The van der Waals surface area contributed by atoms with Gasteiger partial charge in [-0.15, -0.1) is 0 Å². The van der Waals surface area contributed by atoms with Crippen molar-refractivity contribution >= 4 is 11.9 Å². The summed E-state index contributed by atoms with van der Waals surface area (Å²) in [6, 6.07) is 7.42. The molecule has 0 bridgehead atoms. The number of hydrogen-bond acceptors (Lipinski definition) is 6. The summed E-state index contributed by atoms with van der Waals surface area (Å²) in [6.07, 6.45) is 3.58. The van der Waals surface area contributed by atoms with E-state index in [0.717, 1.165) is 38.0 Å². The predicted molar refractivity (Wildman–Crippen MR) is 105 cm³/mol. The quantitative estimate of drug-likeness (QED) is 0.838. The average molecular weight is 369 g/mol. The van der Waals surface area contributed by atoms with E-state index in [4.69, 9.17) is 0 Å². The number of aryl methyl sites for hydroxylation is 1. The third-order valence-electron chi connectivity index (χ3n) is 4.77. The number of carbonyl (C=O) groups excluding carboxylic acids is 1. The van der Waals surface area contributed by atoms with Crippen molar-refractivity contribution in [1.82, 2.24) is 20.2 Å². The molecule has 0 radical (unpaired) electrons. The van der Waals surface area contributed by atoms with Crippen LogP contribution in [0.5, 0.6) is 5.75 Å². The van der Waals surface area contributed by atoms with Crippen LogP contribution in [0, 0.1) is 6.92 Å². The fourth-order valence-corrected chi connectivity index (χ4v) is 3.39. The topological polar surface area (TPSA) is 81.6 Å². The molecule has 144 valence electrons. The molecule has 1 fully saturated rings. The SMILES string of the molecule is Cc1nc(N(C)C)ncc1C(=O)NC1CCCN(Cc2cccc(O)c2)C1. The van der Waals surface area contributed by atoms with Crippen LogP contribution in [0.15, 0.2) is 30.5 Å². The summed E-state index contributed by atoms with van der Waals surface area (Å²) >= 11 is 0. The highest BCUT2D eigenvalue weighted by atomic mass is 16.3. The largest absolute Gasteiger partial charge is 0.508 e. The number of aromatic hydroxyl groups is 1. The summed E-state index contributed by atoms with van der Waals surface area (Å²) in [5.74, 6) is 0.757. The third-order valence-corrected chi connectivity index (χ3v) is 4.77. The van der Waals surface area contributed by atoms with E-state index in [2.05, 4.69) is 20.2 Å². The number of phenols is 1. The summed E-state index contributed by atoms with van der Waals surface area (Å²) < 4.78 is 0. The minimum atomic E-state index is -0.123. The first-order valence-electron chi connectivity index (χ1n) is 9.24. The van der Waals surface area contributed by atoms with E-state index in [1.165, 1.54) is 0 Å². The number of anilines is 1. The van der Waals surface area contributed by atoms with Crippen molar-refractivity contribution in [3.8, 4) is 5.75 Å². The zero-order chi connectivity index (χ0) is 19.4. The van der Waals surface area contributed by atoms with Gasteiger partial charge in [-0.2, -0.15) is 0 Å². The lowest BCUT2D eigenvalue weighted by molar-refractivity contribution is 0.0899. The van der Waals surface area contributed by atoms with Crippen LogP contribution in [-0.4, -0.2) is 59.1 Å². The van der Waals surface area contributed by atoms with Crippen LogP contribution in [0.2, 0.25) is 0 Å². The number of likely N-dealkylation sites (tertiary alicyclic amines) is 1. The van der Waals surface area contributed by atoms with Crippen molar-refractivity contribution in [3.05, 3.63) is 47.3 Å². The van der Waals surface area contributed by atoms with Gasteiger partial charge in [0.25, 0.3) is 5.91 Å². The number of rotatable bonds is 5. The standard InChI is InChI=1S/C20H27N5O2/c1-14-18(11-21-20(22-14)24(2)3)19(27)23-16-7-5-9-25(13-16)12-15-6-4-8-17(26)10-15/h4,6,8,10-11,16,26H,5,7,9,12-13H2,1-3H3,(H,23,27). The van der Waals surface area contributed by atoms with Crippen LogP contribution in [0.1, 0.15) is 34.5 Å². The van der Waals surface area contributed by atoms with Crippen molar-refractivity contribution in [1.29, 1.82) is 0 Å². The van der Waals surface area contributed by atoms with Gasteiger partial charge < -0.3 is 15.3 Å². The molecule has 1 aromatic heterocycles. The highest BCUT2D eigenvalue weighted by molar-refractivity contribution is 5.95. The highest BCUT2D eigenvalue weighted by Crippen LogP contribution is 2.17. The molecule has 0 saturated carbocycles. The Morgan fingerprint density at radius 2 is 2.22 bits per heavy atom. The van der Waals surface area contributed by atoms with Gasteiger partial charge in [-0.25, -0.2) is 9.97 Å². The van der Waals surface area contributed by atoms with Crippen LogP contribution in [0.3, 0.4) is 0 Å². The van der Waals surface area contributed by atoms with E-state index in [-0.39, 0.29) is 17.7 Å². The normalized spacial score (nSPS) is 17.5. The number of aromatic nitrogens is 2. The molecular formula is C20H27N5O2. The van der Waals surface area contributed by atoms with E-state index in [1.54, 1.807) is 18.3 Å². The lowest BCUT2D eigenvalue weighted by atomic mass is 10.0. The Morgan fingerprint density at radius 1 is 1.41 bits per heavy atom. The molecule has 2 aromatic rings. The van der Waals surface area contributed by atoms with E-state index in [1.807, 2.05) is 38.1 Å². The second-order valence-electron chi connectivity index (χ2n) is 7.28. The van der Waals surface area contributed by atoms with Gasteiger partial charge in [0, 0.05) is 39.4 Å². The number of nitrogens with zero attached hydrogens (tertiary/aromatic N) is 4. The molecule has 1 aliphatic heterocycles. The Kier molecular flexibility index (Phi) is 5.91. The summed E-state index contributed by atoms with van der Waals surface area (Å²) in [6.45, 7) is 4.37. The molecule has 2 heterocycles. The average Bonchev–Trinajstić information content (AvgIpc) is 2.61. The molecule has 2 N–H and O–H groups in total. The van der Waals surface area contributed by atoms with Crippen LogP contribution in [0.4, 0.5) is 5.95 Å². The van der Waals surface area contributed by atoms with Crippen LogP contribution in [0.25, 0.3) is 0 Å². The van der Waals surface area contributed by atoms with Crippen molar-refractivity contribution in [2.75, 3.05) is 32.1 Å². The van der Waals surface area contributed by atoms with Crippen LogP contribution in [-0.2, 0) is 6.54 Å². The van der Waals surface area contributed by atoms with E-state index >= 15 is 0 Å². The van der Waals surface area contributed by atoms with Crippen molar-refractivity contribution in [2.45, 2.75) is 32.4 Å². The van der Waals surface area contributed by atoms with Gasteiger partial charge in [0.15, 0.2) is 0 Å². The molecule has 0 spiro atoms. The van der Waals surface area contributed by atoms with Crippen LogP contribution < -0.4 is 10.2 Å². The first kappa shape index (κ1) is 19.1. The van der Waals surface area contributed by atoms with E-state index < -0.39 is 0 Å². The molecule has 7 nitrogen and oxygen atoms in total. The number of hydrogen-bond donors (Lipinski definition) is 2. The monoisotopic (exact) mass is 369 g/mol. The Balaban J connectivity index is 1.61. The maximum Gasteiger partial charge on any atom is 0.254 e. The molecule has 7 heteroatoms. The first-order valence-corrected chi connectivity index (χ1v) is 9.24. The Bertz CT molecular complexity index is 809.